The van der Waals surface area contributed by atoms with Crippen LogP contribution in [0.15, 0.2) is 18.3 Å². The molecule has 17 heavy (non-hydrogen) atoms. The van der Waals surface area contributed by atoms with Crippen molar-refractivity contribution in [3.63, 3.8) is 0 Å². The Bertz CT molecular complexity index is 446. The van der Waals surface area contributed by atoms with Gasteiger partial charge >= 0.3 is 0 Å². The molecule has 0 saturated heterocycles. The molecule has 0 fully saturated rings. The van der Waals surface area contributed by atoms with Crippen molar-refractivity contribution in [1.29, 1.82) is 0 Å². The Morgan fingerprint density at radius 3 is 2.29 bits per heavy atom. The highest BCUT2D eigenvalue weighted by molar-refractivity contribution is 7.14. The molecule has 92 valence electrons. The van der Waals surface area contributed by atoms with Gasteiger partial charge in [-0.1, -0.05) is 39.0 Å². The number of pyridine rings is 1. The first-order chi connectivity index (χ1) is 8.16. The lowest BCUT2D eigenvalue weighted by Gasteiger charge is -1.95. The Hall–Kier alpha value is -1.29. The summed E-state index contributed by atoms with van der Waals surface area (Å²) in [5, 5.41) is 10.3. The second-order valence-corrected chi connectivity index (χ2v) is 4.80. The minimum absolute atomic E-state index is 0.439. The van der Waals surface area contributed by atoms with Crippen molar-refractivity contribution in [2.24, 2.45) is 0 Å². The Balaban J connectivity index is 0.000000686. The third-order valence-corrected chi connectivity index (χ3v) is 3.37. The zero-order valence-corrected chi connectivity index (χ0v) is 11.9. The fourth-order valence-corrected chi connectivity index (χ4v) is 2.01. The van der Waals surface area contributed by atoms with E-state index in [0.29, 0.717) is 5.92 Å². The van der Waals surface area contributed by atoms with E-state index in [1.165, 1.54) is 0 Å². The highest BCUT2D eigenvalue weighted by Crippen LogP contribution is 2.26. The van der Waals surface area contributed by atoms with Gasteiger partial charge in [-0.3, -0.25) is 4.98 Å². The summed E-state index contributed by atoms with van der Waals surface area (Å²) >= 11 is 1.64. The summed E-state index contributed by atoms with van der Waals surface area (Å²) in [6, 6.07) is 4.03. The monoisotopic (exact) mass is 249 g/mol. The van der Waals surface area contributed by atoms with E-state index in [-0.39, 0.29) is 0 Å². The summed E-state index contributed by atoms with van der Waals surface area (Å²) in [6.07, 6.45) is 1.85. The fourth-order valence-electron chi connectivity index (χ4n) is 1.18. The molecule has 0 aliphatic rings. The lowest BCUT2D eigenvalue weighted by molar-refractivity contribution is 0.825. The van der Waals surface area contributed by atoms with E-state index < -0.39 is 0 Å². The number of aromatic nitrogens is 3. The summed E-state index contributed by atoms with van der Waals surface area (Å²) in [5.74, 6) is 0.439. The van der Waals surface area contributed by atoms with Gasteiger partial charge in [0, 0.05) is 23.4 Å². The molecule has 2 rings (SSSR count). The van der Waals surface area contributed by atoms with Gasteiger partial charge in [0.15, 0.2) is 0 Å². The van der Waals surface area contributed by atoms with Crippen LogP contribution in [0.3, 0.4) is 0 Å². The quantitative estimate of drug-likeness (QED) is 0.805. The van der Waals surface area contributed by atoms with E-state index in [9.17, 15) is 0 Å². The van der Waals surface area contributed by atoms with Gasteiger partial charge in [-0.25, -0.2) is 0 Å². The molecule has 2 aromatic rings. The molecular formula is C13H19N3S. The first-order valence-corrected chi connectivity index (χ1v) is 6.75. The smallest absolute Gasteiger partial charge is 0.149 e. The van der Waals surface area contributed by atoms with Crippen molar-refractivity contribution in [3.05, 3.63) is 29.0 Å². The van der Waals surface area contributed by atoms with Crippen LogP contribution in [0.25, 0.3) is 10.6 Å². The number of nitrogens with zero attached hydrogens (tertiary/aromatic N) is 3. The van der Waals surface area contributed by atoms with Crippen LogP contribution in [0.2, 0.25) is 0 Å². The average Bonchev–Trinajstić information content (AvgIpc) is 2.82. The average molecular weight is 249 g/mol. The molecular weight excluding hydrogens is 230 g/mol. The molecule has 0 bridgehead atoms. The van der Waals surface area contributed by atoms with Crippen molar-refractivity contribution in [2.45, 2.75) is 40.5 Å². The second kappa shape index (κ2) is 6.45. The van der Waals surface area contributed by atoms with E-state index in [4.69, 9.17) is 0 Å². The normalized spacial score (nSPS) is 10.0. The van der Waals surface area contributed by atoms with Gasteiger partial charge in [-0.2, -0.15) is 0 Å². The maximum atomic E-state index is 4.25. The Kier molecular flexibility index (Phi) is 5.22. The van der Waals surface area contributed by atoms with Crippen molar-refractivity contribution in [2.75, 3.05) is 0 Å². The summed E-state index contributed by atoms with van der Waals surface area (Å²) in [6.45, 7) is 10.2. The van der Waals surface area contributed by atoms with E-state index in [1.807, 2.05) is 39.1 Å². The first-order valence-electron chi connectivity index (χ1n) is 5.93. The fraction of sp³-hybridized carbons (Fsp3) is 0.462. The molecule has 0 aromatic carbocycles. The lowest BCUT2D eigenvalue weighted by atomic mass is 10.2. The maximum Gasteiger partial charge on any atom is 0.149 e. The number of hydrogen-bond acceptors (Lipinski definition) is 4. The van der Waals surface area contributed by atoms with Crippen LogP contribution in [0.4, 0.5) is 0 Å². The highest BCUT2D eigenvalue weighted by Gasteiger charge is 2.09. The van der Waals surface area contributed by atoms with Gasteiger partial charge in [0.25, 0.3) is 0 Å². The van der Waals surface area contributed by atoms with Crippen LogP contribution in [-0.4, -0.2) is 15.2 Å². The molecule has 2 aromatic heterocycles. The molecule has 0 aliphatic carbocycles. The third kappa shape index (κ3) is 3.60. The van der Waals surface area contributed by atoms with Crippen LogP contribution < -0.4 is 0 Å². The standard InChI is InChI=1S/C11H13N3S.C2H6/c1-7(2)10-13-14-11(15-10)9-5-4-8(3)12-6-9;1-2/h4-7H,1-3H3;1-2H3. The predicted octanol–water partition coefficient (Wildman–Crippen LogP) is 4.06. The SMILES string of the molecule is CC.Cc1ccc(-c2nnc(C(C)C)s2)cn1. The van der Waals surface area contributed by atoms with E-state index in [1.54, 1.807) is 11.3 Å². The van der Waals surface area contributed by atoms with Crippen LogP contribution in [0, 0.1) is 6.92 Å². The Morgan fingerprint density at radius 2 is 1.82 bits per heavy atom. The van der Waals surface area contributed by atoms with Crippen molar-refractivity contribution in [1.82, 2.24) is 15.2 Å². The van der Waals surface area contributed by atoms with Crippen molar-refractivity contribution < 1.29 is 0 Å². The molecule has 0 spiro atoms. The molecule has 2 heterocycles. The summed E-state index contributed by atoms with van der Waals surface area (Å²) in [7, 11) is 0. The molecule has 0 N–H and O–H groups in total. The minimum Gasteiger partial charge on any atom is -0.261 e. The molecule has 0 saturated carbocycles. The Morgan fingerprint density at radius 1 is 1.12 bits per heavy atom. The second-order valence-electron chi connectivity index (χ2n) is 3.79. The molecule has 3 nitrogen and oxygen atoms in total. The topological polar surface area (TPSA) is 38.7 Å². The number of aryl methyl sites for hydroxylation is 1. The molecule has 0 aliphatic heterocycles. The van der Waals surface area contributed by atoms with Gasteiger partial charge in [-0.05, 0) is 19.1 Å². The zero-order valence-electron chi connectivity index (χ0n) is 11.1. The lowest BCUT2D eigenvalue weighted by Crippen LogP contribution is -1.84. The van der Waals surface area contributed by atoms with E-state index in [2.05, 4.69) is 29.0 Å². The van der Waals surface area contributed by atoms with Crippen LogP contribution in [-0.2, 0) is 0 Å². The molecule has 0 radical (unpaired) electrons. The van der Waals surface area contributed by atoms with Crippen LogP contribution >= 0.6 is 11.3 Å². The minimum atomic E-state index is 0.439. The predicted molar refractivity (Wildman–Crippen MR) is 73.3 cm³/mol. The van der Waals surface area contributed by atoms with Gasteiger partial charge < -0.3 is 0 Å². The number of rotatable bonds is 2. The largest absolute Gasteiger partial charge is 0.261 e. The molecule has 0 unspecified atom stereocenters. The summed E-state index contributed by atoms with van der Waals surface area (Å²) < 4.78 is 0. The van der Waals surface area contributed by atoms with E-state index >= 15 is 0 Å². The zero-order chi connectivity index (χ0) is 12.8. The Labute approximate surface area is 107 Å². The summed E-state index contributed by atoms with van der Waals surface area (Å²) in [4.78, 5) is 4.25. The van der Waals surface area contributed by atoms with Gasteiger partial charge in [0.2, 0.25) is 0 Å². The van der Waals surface area contributed by atoms with Gasteiger partial charge in [0.05, 0.1) is 0 Å². The van der Waals surface area contributed by atoms with E-state index in [0.717, 1.165) is 21.3 Å². The maximum absolute atomic E-state index is 4.25. The summed E-state index contributed by atoms with van der Waals surface area (Å²) in [5.41, 5.74) is 2.07. The molecule has 0 amide bonds. The molecule has 4 heteroatoms. The first kappa shape index (κ1) is 13.8. The van der Waals surface area contributed by atoms with Crippen molar-refractivity contribution in [3.8, 4) is 10.6 Å². The van der Waals surface area contributed by atoms with Gasteiger partial charge in [0.1, 0.15) is 10.0 Å². The highest BCUT2D eigenvalue weighted by atomic mass is 32.1. The van der Waals surface area contributed by atoms with Crippen LogP contribution in [0.5, 0.6) is 0 Å². The van der Waals surface area contributed by atoms with Crippen molar-refractivity contribution >= 4 is 11.3 Å². The van der Waals surface area contributed by atoms with Crippen LogP contribution in [0.1, 0.15) is 44.3 Å². The number of hydrogen-bond donors (Lipinski definition) is 0. The van der Waals surface area contributed by atoms with Gasteiger partial charge in [-0.15, -0.1) is 10.2 Å². The third-order valence-electron chi connectivity index (χ3n) is 2.09. The molecule has 0 atom stereocenters.